The molecule has 4 heteroatoms. The van der Waals surface area contributed by atoms with Crippen LogP contribution in [0.3, 0.4) is 0 Å². The van der Waals surface area contributed by atoms with Gasteiger partial charge in [-0.2, -0.15) is 0 Å². The van der Waals surface area contributed by atoms with E-state index in [2.05, 4.69) is 4.98 Å². The van der Waals surface area contributed by atoms with Crippen LogP contribution in [0.4, 0.5) is 4.39 Å². The van der Waals surface area contributed by atoms with Gasteiger partial charge >= 0.3 is 0 Å². The van der Waals surface area contributed by atoms with Crippen LogP contribution in [-0.2, 0) is 6.42 Å². The number of benzene rings is 1. The lowest BCUT2D eigenvalue weighted by molar-refractivity contribution is 0.342. The third-order valence-corrected chi connectivity index (χ3v) is 2.61. The smallest absolute Gasteiger partial charge is 0.256 e. The van der Waals surface area contributed by atoms with Crippen molar-refractivity contribution in [1.29, 1.82) is 0 Å². The van der Waals surface area contributed by atoms with Gasteiger partial charge in [-0.3, -0.25) is 0 Å². The Hall–Kier alpha value is -2.10. The summed E-state index contributed by atoms with van der Waals surface area (Å²) in [5.74, 6) is 0.821. The second-order valence-corrected chi connectivity index (χ2v) is 3.86. The number of rotatable bonds is 4. The maximum atomic E-state index is 12.8. The van der Waals surface area contributed by atoms with Gasteiger partial charge in [-0.1, -0.05) is 12.1 Å². The first-order valence-electron chi connectivity index (χ1n) is 5.54. The molecule has 3 nitrogen and oxygen atoms in total. The minimum Gasteiger partial charge on any atom is -0.491 e. The standard InChI is InChI=1S/C14H14FNO2/c1-17-13-8-11(9-16-14(13)18-2)7-10-3-5-12(15)6-4-10/h3-6,8-9H,7H2,1-2H3. The maximum absolute atomic E-state index is 12.8. The summed E-state index contributed by atoms with van der Waals surface area (Å²) in [4.78, 5) is 4.16. The van der Waals surface area contributed by atoms with E-state index in [0.717, 1.165) is 11.1 Å². The lowest BCUT2D eigenvalue weighted by Crippen LogP contribution is -1.96. The van der Waals surface area contributed by atoms with Crippen LogP contribution in [0.15, 0.2) is 36.5 Å². The molecule has 0 aliphatic heterocycles. The zero-order valence-corrected chi connectivity index (χ0v) is 10.3. The number of hydrogen-bond donors (Lipinski definition) is 0. The lowest BCUT2D eigenvalue weighted by Gasteiger charge is -2.08. The van der Waals surface area contributed by atoms with Crippen LogP contribution in [0.2, 0.25) is 0 Å². The minimum absolute atomic E-state index is 0.232. The van der Waals surface area contributed by atoms with Gasteiger partial charge in [0, 0.05) is 6.20 Å². The topological polar surface area (TPSA) is 31.4 Å². The molecule has 1 heterocycles. The average molecular weight is 247 g/mol. The van der Waals surface area contributed by atoms with Crippen molar-refractivity contribution >= 4 is 0 Å². The molecule has 0 unspecified atom stereocenters. The summed E-state index contributed by atoms with van der Waals surface area (Å²) >= 11 is 0. The molecule has 0 amide bonds. The molecule has 94 valence electrons. The van der Waals surface area contributed by atoms with Crippen molar-refractivity contribution < 1.29 is 13.9 Å². The highest BCUT2D eigenvalue weighted by Crippen LogP contribution is 2.25. The number of ether oxygens (including phenoxy) is 2. The summed E-state index contributed by atoms with van der Waals surface area (Å²) in [6.07, 6.45) is 2.40. The molecule has 2 rings (SSSR count). The van der Waals surface area contributed by atoms with Crippen molar-refractivity contribution in [2.45, 2.75) is 6.42 Å². The van der Waals surface area contributed by atoms with E-state index >= 15 is 0 Å². The van der Waals surface area contributed by atoms with Gasteiger partial charge in [-0.05, 0) is 35.7 Å². The first-order valence-corrected chi connectivity index (χ1v) is 5.54. The van der Waals surface area contributed by atoms with E-state index in [1.165, 1.54) is 12.1 Å². The Morgan fingerprint density at radius 2 is 1.78 bits per heavy atom. The number of pyridine rings is 1. The highest BCUT2D eigenvalue weighted by atomic mass is 19.1. The molecule has 0 atom stereocenters. The van der Waals surface area contributed by atoms with Crippen LogP contribution >= 0.6 is 0 Å². The van der Waals surface area contributed by atoms with Crippen molar-refractivity contribution in [1.82, 2.24) is 4.98 Å². The third-order valence-electron chi connectivity index (χ3n) is 2.61. The largest absolute Gasteiger partial charge is 0.491 e. The first-order chi connectivity index (χ1) is 8.72. The Balaban J connectivity index is 2.21. The Bertz CT molecular complexity index is 526. The SMILES string of the molecule is COc1cc(Cc2ccc(F)cc2)cnc1OC. The fraction of sp³-hybridized carbons (Fsp3) is 0.214. The Morgan fingerprint density at radius 1 is 1.06 bits per heavy atom. The maximum Gasteiger partial charge on any atom is 0.256 e. The number of halogens is 1. The molecule has 0 radical (unpaired) electrons. The predicted octanol–water partition coefficient (Wildman–Crippen LogP) is 2.83. The molecule has 0 spiro atoms. The Labute approximate surface area is 105 Å². The van der Waals surface area contributed by atoms with E-state index in [-0.39, 0.29) is 5.82 Å². The van der Waals surface area contributed by atoms with Gasteiger partial charge in [0.25, 0.3) is 5.88 Å². The Morgan fingerprint density at radius 3 is 2.39 bits per heavy atom. The molecule has 18 heavy (non-hydrogen) atoms. The van der Waals surface area contributed by atoms with E-state index in [4.69, 9.17) is 9.47 Å². The summed E-state index contributed by atoms with van der Waals surface area (Å²) in [6.45, 7) is 0. The molecular weight excluding hydrogens is 233 g/mol. The van der Waals surface area contributed by atoms with E-state index in [1.807, 2.05) is 6.07 Å². The normalized spacial score (nSPS) is 10.2. The molecule has 0 saturated heterocycles. The van der Waals surface area contributed by atoms with E-state index in [9.17, 15) is 4.39 Å². The van der Waals surface area contributed by atoms with Gasteiger partial charge in [0.1, 0.15) is 5.82 Å². The molecule has 1 aromatic heterocycles. The van der Waals surface area contributed by atoms with Crippen LogP contribution in [-0.4, -0.2) is 19.2 Å². The third kappa shape index (κ3) is 2.77. The molecule has 0 N–H and O–H groups in total. The molecular formula is C14H14FNO2. The van der Waals surface area contributed by atoms with E-state index < -0.39 is 0 Å². The van der Waals surface area contributed by atoms with Crippen LogP contribution in [0.1, 0.15) is 11.1 Å². The van der Waals surface area contributed by atoms with Gasteiger partial charge in [0.15, 0.2) is 5.75 Å². The van der Waals surface area contributed by atoms with E-state index in [0.29, 0.717) is 18.1 Å². The monoisotopic (exact) mass is 247 g/mol. The molecule has 0 aliphatic rings. The van der Waals surface area contributed by atoms with Crippen LogP contribution < -0.4 is 9.47 Å². The Kier molecular flexibility index (Phi) is 3.77. The molecule has 0 fully saturated rings. The van der Waals surface area contributed by atoms with E-state index in [1.54, 1.807) is 32.5 Å². The molecule has 0 aliphatic carbocycles. The second-order valence-electron chi connectivity index (χ2n) is 3.86. The lowest BCUT2D eigenvalue weighted by atomic mass is 10.1. The van der Waals surface area contributed by atoms with Crippen molar-refractivity contribution in [3.8, 4) is 11.6 Å². The molecule has 2 aromatic rings. The molecule has 0 bridgehead atoms. The van der Waals surface area contributed by atoms with Crippen LogP contribution in [0.25, 0.3) is 0 Å². The predicted molar refractivity (Wildman–Crippen MR) is 66.5 cm³/mol. The summed E-state index contributed by atoms with van der Waals surface area (Å²) in [6, 6.07) is 8.28. The van der Waals surface area contributed by atoms with Crippen molar-refractivity contribution in [2.24, 2.45) is 0 Å². The zero-order chi connectivity index (χ0) is 13.0. The quantitative estimate of drug-likeness (QED) is 0.832. The average Bonchev–Trinajstić information content (AvgIpc) is 2.41. The summed E-state index contributed by atoms with van der Waals surface area (Å²) in [5.41, 5.74) is 2.00. The van der Waals surface area contributed by atoms with Gasteiger partial charge < -0.3 is 9.47 Å². The number of methoxy groups -OCH3 is 2. The first kappa shape index (κ1) is 12.4. The number of aromatic nitrogens is 1. The minimum atomic E-state index is -0.232. The van der Waals surface area contributed by atoms with Crippen LogP contribution in [0, 0.1) is 5.82 Å². The number of nitrogens with zero attached hydrogens (tertiary/aromatic N) is 1. The molecule has 1 aromatic carbocycles. The summed E-state index contributed by atoms with van der Waals surface area (Å²) in [5, 5.41) is 0. The fourth-order valence-electron chi connectivity index (χ4n) is 1.71. The summed E-state index contributed by atoms with van der Waals surface area (Å²) < 4.78 is 23.1. The highest BCUT2D eigenvalue weighted by molar-refractivity contribution is 5.38. The van der Waals surface area contributed by atoms with Gasteiger partial charge in [-0.25, -0.2) is 9.37 Å². The second kappa shape index (κ2) is 5.49. The van der Waals surface area contributed by atoms with Gasteiger partial charge in [0.2, 0.25) is 0 Å². The van der Waals surface area contributed by atoms with Crippen molar-refractivity contribution in [3.05, 3.63) is 53.5 Å². The fourth-order valence-corrected chi connectivity index (χ4v) is 1.71. The van der Waals surface area contributed by atoms with Crippen LogP contribution in [0.5, 0.6) is 11.6 Å². The zero-order valence-electron chi connectivity index (χ0n) is 10.3. The summed E-state index contributed by atoms with van der Waals surface area (Å²) in [7, 11) is 3.12. The molecule has 0 saturated carbocycles. The van der Waals surface area contributed by atoms with Gasteiger partial charge in [0.05, 0.1) is 14.2 Å². The van der Waals surface area contributed by atoms with Crippen molar-refractivity contribution in [3.63, 3.8) is 0 Å². The van der Waals surface area contributed by atoms with Gasteiger partial charge in [-0.15, -0.1) is 0 Å². The highest BCUT2D eigenvalue weighted by Gasteiger charge is 2.06. The van der Waals surface area contributed by atoms with Crippen molar-refractivity contribution in [2.75, 3.05) is 14.2 Å². The number of hydrogen-bond acceptors (Lipinski definition) is 3.